The largest absolute Gasteiger partial charge is 0.377 e. The molecule has 30 heavy (non-hydrogen) atoms. The molecule has 1 heterocycles. The van der Waals surface area contributed by atoms with Crippen molar-refractivity contribution in [2.75, 3.05) is 57.0 Å². The van der Waals surface area contributed by atoms with Crippen molar-refractivity contribution in [3.05, 3.63) is 53.6 Å². The van der Waals surface area contributed by atoms with E-state index in [1.165, 1.54) is 4.31 Å². The Kier molecular flexibility index (Phi) is 6.80. The Hall–Kier alpha value is -2.42. The molecule has 1 aliphatic heterocycles. The molecule has 0 radical (unpaired) electrons. The van der Waals surface area contributed by atoms with E-state index in [1.807, 2.05) is 55.9 Å². The maximum atomic E-state index is 12.8. The quantitative estimate of drug-likeness (QED) is 0.761. The summed E-state index contributed by atoms with van der Waals surface area (Å²) >= 11 is 0. The molecule has 2 aromatic carbocycles. The lowest BCUT2D eigenvalue weighted by molar-refractivity contribution is -0.117. The molecular weight excluding hydrogens is 400 g/mol. The van der Waals surface area contributed by atoms with Crippen molar-refractivity contribution in [3.8, 4) is 0 Å². The first-order valence-electron chi connectivity index (χ1n) is 10.0. The van der Waals surface area contributed by atoms with E-state index in [0.717, 1.165) is 22.5 Å². The molecule has 2 aromatic rings. The number of aryl methyl sites for hydroxylation is 2. The predicted molar refractivity (Wildman–Crippen MR) is 121 cm³/mol. The van der Waals surface area contributed by atoms with Gasteiger partial charge in [0.25, 0.3) is 0 Å². The number of amides is 1. The summed E-state index contributed by atoms with van der Waals surface area (Å²) in [4.78, 5) is 16.8. The SMILES string of the molecule is Cc1ccc(S(=O)(=O)N2CCN(CC(=O)Nc3ccc(N(C)C)c(C)c3)CC2)cc1. The predicted octanol–water partition coefficient (Wildman–Crippen LogP) is 2.31. The molecule has 0 aliphatic carbocycles. The molecular formula is C22H30N4O3S. The summed E-state index contributed by atoms with van der Waals surface area (Å²) < 4.78 is 27.1. The van der Waals surface area contributed by atoms with Gasteiger partial charge in [0.15, 0.2) is 0 Å². The van der Waals surface area contributed by atoms with Gasteiger partial charge < -0.3 is 10.2 Å². The zero-order chi connectivity index (χ0) is 21.9. The molecule has 1 fully saturated rings. The first kappa shape index (κ1) is 22.3. The molecule has 0 bridgehead atoms. The van der Waals surface area contributed by atoms with Crippen LogP contribution in [0.4, 0.5) is 11.4 Å². The van der Waals surface area contributed by atoms with Crippen LogP contribution in [0.15, 0.2) is 47.4 Å². The summed E-state index contributed by atoms with van der Waals surface area (Å²) in [7, 11) is 0.478. The highest BCUT2D eigenvalue weighted by atomic mass is 32.2. The molecule has 1 aliphatic rings. The van der Waals surface area contributed by atoms with E-state index in [-0.39, 0.29) is 12.5 Å². The molecule has 0 aromatic heterocycles. The molecule has 1 saturated heterocycles. The van der Waals surface area contributed by atoms with Crippen LogP contribution in [0.5, 0.6) is 0 Å². The molecule has 8 heteroatoms. The van der Waals surface area contributed by atoms with E-state index in [1.54, 1.807) is 24.3 Å². The van der Waals surface area contributed by atoms with E-state index in [0.29, 0.717) is 31.1 Å². The van der Waals surface area contributed by atoms with Crippen LogP contribution in [-0.4, -0.2) is 70.3 Å². The summed E-state index contributed by atoms with van der Waals surface area (Å²) in [6, 6.07) is 12.7. The number of anilines is 2. The van der Waals surface area contributed by atoms with Gasteiger partial charge in [-0.15, -0.1) is 0 Å². The number of rotatable bonds is 6. The molecule has 7 nitrogen and oxygen atoms in total. The highest BCUT2D eigenvalue weighted by molar-refractivity contribution is 7.89. The second-order valence-electron chi connectivity index (χ2n) is 7.94. The minimum Gasteiger partial charge on any atom is -0.377 e. The highest BCUT2D eigenvalue weighted by Gasteiger charge is 2.29. The fourth-order valence-electron chi connectivity index (χ4n) is 3.63. The van der Waals surface area contributed by atoms with Gasteiger partial charge in [0.1, 0.15) is 0 Å². The molecule has 162 valence electrons. The summed E-state index contributed by atoms with van der Waals surface area (Å²) in [6.45, 7) is 5.98. The Balaban J connectivity index is 1.53. The van der Waals surface area contributed by atoms with Gasteiger partial charge in [-0.25, -0.2) is 8.42 Å². The number of piperazine rings is 1. The zero-order valence-corrected chi connectivity index (χ0v) is 18.9. The monoisotopic (exact) mass is 430 g/mol. The average Bonchev–Trinajstić information content (AvgIpc) is 2.68. The van der Waals surface area contributed by atoms with Crippen molar-refractivity contribution >= 4 is 27.3 Å². The van der Waals surface area contributed by atoms with Crippen molar-refractivity contribution in [3.63, 3.8) is 0 Å². The number of nitrogens with zero attached hydrogens (tertiary/aromatic N) is 3. The van der Waals surface area contributed by atoms with Crippen molar-refractivity contribution in [1.29, 1.82) is 0 Å². The third-order valence-electron chi connectivity index (χ3n) is 5.32. The maximum absolute atomic E-state index is 12.8. The Morgan fingerprint density at radius 1 is 1.00 bits per heavy atom. The molecule has 0 unspecified atom stereocenters. The van der Waals surface area contributed by atoms with Crippen molar-refractivity contribution in [2.45, 2.75) is 18.7 Å². The minimum absolute atomic E-state index is 0.0955. The Morgan fingerprint density at radius 2 is 1.63 bits per heavy atom. The van der Waals surface area contributed by atoms with Gasteiger partial charge in [-0.2, -0.15) is 4.31 Å². The van der Waals surface area contributed by atoms with E-state index in [9.17, 15) is 13.2 Å². The van der Waals surface area contributed by atoms with Gasteiger partial charge >= 0.3 is 0 Å². The van der Waals surface area contributed by atoms with Crippen LogP contribution in [-0.2, 0) is 14.8 Å². The summed E-state index contributed by atoms with van der Waals surface area (Å²) in [5.41, 5.74) is 3.99. The van der Waals surface area contributed by atoms with Crippen LogP contribution in [0.25, 0.3) is 0 Å². The lowest BCUT2D eigenvalue weighted by atomic mass is 10.1. The normalized spacial score (nSPS) is 15.7. The summed E-state index contributed by atoms with van der Waals surface area (Å²) in [5.74, 6) is -0.0955. The molecule has 0 saturated carbocycles. The van der Waals surface area contributed by atoms with Crippen LogP contribution >= 0.6 is 0 Å². The number of nitrogens with one attached hydrogen (secondary N) is 1. The second-order valence-corrected chi connectivity index (χ2v) is 9.88. The van der Waals surface area contributed by atoms with E-state index in [4.69, 9.17) is 0 Å². The van der Waals surface area contributed by atoms with Crippen molar-refractivity contribution < 1.29 is 13.2 Å². The number of hydrogen-bond donors (Lipinski definition) is 1. The van der Waals surface area contributed by atoms with Crippen molar-refractivity contribution in [1.82, 2.24) is 9.21 Å². The Labute approximate surface area is 179 Å². The van der Waals surface area contributed by atoms with E-state index >= 15 is 0 Å². The molecule has 3 rings (SSSR count). The molecule has 1 N–H and O–H groups in total. The van der Waals surface area contributed by atoms with Gasteiger partial charge in [0, 0.05) is 51.6 Å². The van der Waals surface area contributed by atoms with Crippen LogP contribution in [0.1, 0.15) is 11.1 Å². The molecule has 0 spiro atoms. The van der Waals surface area contributed by atoms with Gasteiger partial charge in [0.05, 0.1) is 11.4 Å². The standard InChI is InChI=1S/C22H30N4O3S/c1-17-5-8-20(9-6-17)30(28,29)26-13-11-25(12-14-26)16-22(27)23-19-7-10-21(24(3)4)18(2)15-19/h5-10,15H,11-14,16H2,1-4H3,(H,23,27). The highest BCUT2D eigenvalue weighted by Crippen LogP contribution is 2.22. The first-order chi connectivity index (χ1) is 14.2. The molecule has 1 amide bonds. The first-order valence-corrected chi connectivity index (χ1v) is 11.5. The van der Waals surface area contributed by atoms with Crippen LogP contribution in [0, 0.1) is 13.8 Å². The van der Waals surface area contributed by atoms with Crippen LogP contribution < -0.4 is 10.2 Å². The zero-order valence-electron chi connectivity index (χ0n) is 18.1. The number of hydrogen-bond acceptors (Lipinski definition) is 5. The number of sulfonamides is 1. The van der Waals surface area contributed by atoms with Crippen LogP contribution in [0.3, 0.4) is 0 Å². The third kappa shape index (κ3) is 5.19. The van der Waals surface area contributed by atoms with Gasteiger partial charge in [-0.1, -0.05) is 17.7 Å². The fraction of sp³-hybridized carbons (Fsp3) is 0.409. The van der Waals surface area contributed by atoms with E-state index < -0.39 is 10.0 Å². The van der Waals surface area contributed by atoms with E-state index in [2.05, 4.69) is 5.32 Å². The summed E-state index contributed by atoms with van der Waals surface area (Å²) in [6.07, 6.45) is 0. The average molecular weight is 431 g/mol. The van der Waals surface area contributed by atoms with Gasteiger partial charge in [-0.3, -0.25) is 9.69 Å². The van der Waals surface area contributed by atoms with Crippen LogP contribution in [0.2, 0.25) is 0 Å². The van der Waals surface area contributed by atoms with Gasteiger partial charge in [-0.05, 0) is 49.7 Å². The van der Waals surface area contributed by atoms with Crippen molar-refractivity contribution in [2.24, 2.45) is 0 Å². The number of carbonyl (C=O) groups excluding carboxylic acids is 1. The Bertz CT molecular complexity index is 996. The summed E-state index contributed by atoms with van der Waals surface area (Å²) in [5, 5.41) is 2.94. The second kappa shape index (κ2) is 9.16. The van der Waals surface area contributed by atoms with Gasteiger partial charge in [0.2, 0.25) is 15.9 Å². The number of carbonyl (C=O) groups is 1. The lowest BCUT2D eigenvalue weighted by Gasteiger charge is -2.33. The topological polar surface area (TPSA) is 73.0 Å². The lowest BCUT2D eigenvalue weighted by Crippen LogP contribution is -2.50. The number of benzene rings is 2. The third-order valence-corrected chi connectivity index (χ3v) is 7.23. The Morgan fingerprint density at radius 3 is 2.20 bits per heavy atom. The fourth-order valence-corrected chi connectivity index (χ4v) is 5.05. The smallest absolute Gasteiger partial charge is 0.243 e. The maximum Gasteiger partial charge on any atom is 0.243 e. The minimum atomic E-state index is -3.49. The molecule has 0 atom stereocenters.